The number of carbonyl (C=O) groups is 2. The predicted octanol–water partition coefficient (Wildman–Crippen LogP) is 4.41. The summed E-state index contributed by atoms with van der Waals surface area (Å²) in [5.74, 6) is -3.71. The molecule has 178 valence electrons. The number of nitrogens with zero attached hydrogens (tertiary/aromatic N) is 1. The van der Waals surface area contributed by atoms with Gasteiger partial charge < -0.3 is 14.2 Å². The summed E-state index contributed by atoms with van der Waals surface area (Å²) in [4.78, 5) is 25.8. The number of esters is 1. The van der Waals surface area contributed by atoms with E-state index in [1.807, 2.05) is 6.07 Å². The van der Waals surface area contributed by atoms with Crippen molar-refractivity contribution < 1.29 is 33.4 Å². The fraction of sp³-hybridized carbons (Fsp3) is 0.280. The number of Topliss-reactive ketones (excluding diaryl/α,β-unsaturated/α-hetero) is 1. The van der Waals surface area contributed by atoms with Crippen molar-refractivity contribution in [1.29, 1.82) is 0 Å². The number of methoxy groups -OCH3 is 3. The second-order valence-corrected chi connectivity index (χ2v) is 8.85. The molecule has 1 heterocycles. The Morgan fingerprint density at radius 1 is 1.15 bits per heavy atom. The molecule has 0 amide bonds. The van der Waals surface area contributed by atoms with E-state index in [2.05, 4.69) is 15.9 Å². The van der Waals surface area contributed by atoms with Gasteiger partial charge in [0.2, 0.25) is 0 Å². The van der Waals surface area contributed by atoms with Gasteiger partial charge in [-0.15, -0.1) is 0 Å². The molecule has 0 aromatic heterocycles. The van der Waals surface area contributed by atoms with Crippen LogP contribution in [0, 0.1) is 0 Å². The zero-order valence-corrected chi connectivity index (χ0v) is 20.4. The topological polar surface area (TPSA) is 85.3 Å². The van der Waals surface area contributed by atoms with Crippen LogP contribution in [0.15, 0.2) is 58.1 Å². The minimum absolute atomic E-state index is 0.0663. The first-order chi connectivity index (χ1) is 16.2. The number of fused-ring (bicyclic) bond motifs is 2. The fourth-order valence-corrected chi connectivity index (χ4v) is 4.73. The zero-order valence-electron chi connectivity index (χ0n) is 18.9. The lowest BCUT2D eigenvalue weighted by molar-refractivity contribution is -0.199. The number of ketones is 1. The van der Waals surface area contributed by atoms with E-state index < -0.39 is 11.8 Å². The Morgan fingerprint density at radius 3 is 2.59 bits per heavy atom. The molecule has 0 radical (unpaired) electrons. The highest BCUT2D eigenvalue weighted by Crippen LogP contribution is 2.45. The van der Waals surface area contributed by atoms with Gasteiger partial charge in [-0.05, 0) is 41.8 Å². The molecule has 34 heavy (non-hydrogen) atoms. The molecule has 4 rings (SSSR count). The van der Waals surface area contributed by atoms with Crippen LogP contribution in [0.3, 0.4) is 0 Å². The molecule has 2 aliphatic rings. The largest absolute Gasteiger partial charge is 0.497 e. The number of aryl methyl sites for hydroxylation is 1. The SMILES string of the molecule is COC(=O)C1(F)C(Cc2ccc(OC)cc2OC)=CC2=C(c3ccc(Br)cc3CCC2=O)N1O. The normalized spacial score (nSPS) is 19.6. The first-order valence-electron chi connectivity index (χ1n) is 10.5. The summed E-state index contributed by atoms with van der Waals surface area (Å²) in [6.45, 7) is 0. The first-order valence-corrected chi connectivity index (χ1v) is 11.3. The van der Waals surface area contributed by atoms with E-state index >= 15 is 4.39 Å². The van der Waals surface area contributed by atoms with Crippen LogP contribution in [0.1, 0.15) is 23.1 Å². The van der Waals surface area contributed by atoms with E-state index in [4.69, 9.17) is 14.2 Å². The highest BCUT2D eigenvalue weighted by Gasteiger charge is 2.54. The van der Waals surface area contributed by atoms with Gasteiger partial charge in [0.15, 0.2) is 5.78 Å². The number of allylic oxidation sites excluding steroid dienone is 2. The molecule has 1 aliphatic carbocycles. The Morgan fingerprint density at radius 2 is 1.91 bits per heavy atom. The molecule has 2 aromatic rings. The lowest BCUT2D eigenvalue weighted by atomic mass is 9.87. The number of alkyl halides is 1. The second kappa shape index (κ2) is 9.23. The predicted molar refractivity (Wildman–Crippen MR) is 125 cm³/mol. The Balaban J connectivity index is 1.92. The Kier molecular flexibility index (Phi) is 6.51. The first kappa shape index (κ1) is 24.0. The highest BCUT2D eigenvalue weighted by molar-refractivity contribution is 9.10. The summed E-state index contributed by atoms with van der Waals surface area (Å²) >= 11 is 3.40. The smallest absolute Gasteiger partial charge is 0.371 e. The fourth-order valence-electron chi connectivity index (χ4n) is 4.32. The minimum atomic E-state index is -3.06. The van der Waals surface area contributed by atoms with E-state index in [9.17, 15) is 14.8 Å². The van der Waals surface area contributed by atoms with Crippen molar-refractivity contribution in [3.05, 3.63) is 74.8 Å². The summed E-state index contributed by atoms with van der Waals surface area (Å²) in [6, 6.07) is 10.2. The number of rotatable bonds is 5. The third-order valence-corrected chi connectivity index (χ3v) is 6.57. The van der Waals surface area contributed by atoms with Crippen molar-refractivity contribution in [1.82, 2.24) is 5.06 Å². The molecule has 0 saturated carbocycles. The number of hydroxylamine groups is 2. The van der Waals surface area contributed by atoms with Crippen LogP contribution in [0.2, 0.25) is 0 Å². The van der Waals surface area contributed by atoms with Crippen LogP contribution < -0.4 is 9.47 Å². The van der Waals surface area contributed by atoms with E-state index in [1.165, 1.54) is 20.3 Å². The molecule has 1 atom stereocenters. The molecule has 1 aliphatic heterocycles. The van der Waals surface area contributed by atoms with Gasteiger partial charge in [-0.25, -0.2) is 9.86 Å². The maximum absolute atomic E-state index is 16.6. The number of ether oxygens (including phenoxy) is 3. The van der Waals surface area contributed by atoms with Gasteiger partial charge in [0.05, 0.1) is 27.0 Å². The third-order valence-electron chi connectivity index (χ3n) is 6.08. The summed E-state index contributed by atoms with van der Waals surface area (Å²) in [7, 11) is 4.00. The summed E-state index contributed by atoms with van der Waals surface area (Å²) < 4.78 is 32.8. The molecule has 0 spiro atoms. The lowest BCUT2D eigenvalue weighted by Gasteiger charge is -2.39. The van der Waals surface area contributed by atoms with Gasteiger partial charge in [0, 0.05) is 40.1 Å². The number of halogens is 2. The zero-order chi connectivity index (χ0) is 24.6. The Hall–Kier alpha value is -3.17. The molecule has 0 saturated heterocycles. The van der Waals surface area contributed by atoms with Gasteiger partial charge in [-0.2, -0.15) is 4.39 Å². The minimum Gasteiger partial charge on any atom is -0.497 e. The van der Waals surface area contributed by atoms with Crippen LogP contribution >= 0.6 is 15.9 Å². The standard InChI is InChI=1S/C25H23BrFNO6/c1-32-18-7-4-15(22(13-18)33-2)10-16-12-20-21(29)9-5-14-11-17(26)6-8-19(14)23(20)28(31)25(16,27)24(30)34-3/h4,6-8,11-13,31H,5,9-10H2,1-3H3. The quantitative estimate of drug-likeness (QED) is 0.451. The number of carbonyl (C=O) groups excluding carboxylic acids is 2. The molecular formula is C25H23BrFNO6. The highest BCUT2D eigenvalue weighted by atomic mass is 79.9. The van der Waals surface area contributed by atoms with Crippen molar-refractivity contribution in [2.24, 2.45) is 0 Å². The van der Waals surface area contributed by atoms with Crippen LogP contribution in [-0.2, 0) is 27.2 Å². The number of hydrogen-bond donors (Lipinski definition) is 1. The van der Waals surface area contributed by atoms with Crippen LogP contribution in [0.5, 0.6) is 11.5 Å². The van der Waals surface area contributed by atoms with Gasteiger partial charge in [0.25, 0.3) is 0 Å². The van der Waals surface area contributed by atoms with E-state index in [0.29, 0.717) is 29.0 Å². The molecule has 0 bridgehead atoms. The van der Waals surface area contributed by atoms with Gasteiger partial charge >= 0.3 is 11.8 Å². The van der Waals surface area contributed by atoms with Gasteiger partial charge in [0.1, 0.15) is 11.5 Å². The second-order valence-electron chi connectivity index (χ2n) is 7.94. The van der Waals surface area contributed by atoms with Crippen molar-refractivity contribution in [3.8, 4) is 11.5 Å². The Bertz CT molecular complexity index is 1240. The average molecular weight is 532 g/mol. The summed E-state index contributed by atoms with van der Waals surface area (Å²) in [5.41, 5.74) is 1.65. The van der Waals surface area contributed by atoms with Crippen LogP contribution in [0.25, 0.3) is 5.70 Å². The van der Waals surface area contributed by atoms with E-state index in [-0.39, 0.29) is 40.5 Å². The van der Waals surface area contributed by atoms with Crippen LogP contribution in [-0.4, -0.2) is 49.1 Å². The monoisotopic (exact) mass is 531 g/mol. The number of hydrogen-bond acceptors (Lipinski definition) is 7. The molecule has 1 unspecified atom stereocenters. The lowest BCUT2D eigenvalue weighted by Crippen LogP contribution is -2.53. The van der Waals surface area contributed by atoms with Gasteiger partial charge in [-0.3, -0.25) is 10.0 Å². The van der Waals surface area contributed by atoms with Crippen molar-refractivity contribution in [2.75, 3.05) is 21.3 Å². The molecule has 9 heteroatoms. The van der Waals surface area contributed by atoms with Crippen molar-refractivity contribution in [2.45, 2.75) is 25.1 Å². The summed E-state index contributed by atoms with van der Waals surface area (Å²) in [5, 5.41) is 11.4. The number of benzene rings is 2. The molecule has 1 N–H and O–H groups in total. The van der Waals surface area contributed by atoms with E-state index in [0.717, 1.165) is 17.1 Å². The Labute approximate surface area is 204 Å². The molecular weight excluding hydrogens is 509 g/mol. The average Bonchev–Trinajstić information content (AvgIpc) is 2.98. The molecule has 2 aromatic carbocycles. The summed E-state index contributed by atoms with van der Waals surface area (Å²) in [6.07, 6.45) is 1.79. The van der Waals surface area contributed by atoms with Crippen molar-refractivity contribution >= 4 is 33.4 Å². The maximum atomic E-state index is 16.6. The van der Waals surface area contributed by atoms with Gasteiger partial charge in [-0.1, -0.05) is 28.1 Å². The molecule has 7 nitrogen and oxygen atoms in total. The third kappa shape index (κ3) is 3.88. The maximum Gasteiger partial charge on any atom is 0.371 e. The van der Waals surface area contributed by atoms with Crippen molar-refractivity contribution in [3.63, 3.8) is 0 Å². The van der Waals surface area contributed by atoms with Crippen LogP contribution in [0.4, 0.5) is 4.39 Å². The van der Waals surface area contributed by atoms with E-state index in [1.54, 1.807) is 30.3 Å². The molecule has 0 fully saturated rings.